The summed E-state index contributed by atoms with van der Waals surface area (Å²) in [6.07, 6.45) is 4.20. The third-order valence-corrected chi connectivity index (χ3v) is 5.79. The van der Waals surface area contributed by atoms with Crippen LogP contribution in [-0.2, 0) is 10.2 Å². The third-order valence-electron chi connectivity index (χ3n) is 5.79. The molecule has 2 unspecified atom stereocenters. The first kappa shape index (κ1) is 22.4. The van der Waals surface area contributed by atoms with E-state index in [1.165, 1.54) is 0 Å². The first-order chi connectivity index (χ1) is 15.1. The lowest BCUT2D eigenvalue weighted by Crippen LogP contribution is -2.46. The number of alkyl carbamates (subject to hydrolysis) is 1. The van der Waals surface area contributed by atoms with E-state index in [1.807, 2.05) is 30.3 Å². The van der Waals surface area contributed by atoms with Gasteiger partial charge in [-0.05, 0) is 43.4 Å². The van der Waals surface area contributed by atoms with E-state index in [0.717, 1.165) is 24.8 Å². The number of benzene rings is 2. The Labute approximate surface area is 183 Å². The van der Waals surface area contributed by atoms with Gasteiger partial charge in [-0.3, -0.25) is 4.79 Å². The number of hydrogen-bond acceptors (Lipinski definition) is 4. The molecule has 1 saturated carbocycles. The van der Waals surface area contributed by atoms with Crippen LogP contribution in [0.1, 0.15) is 41.6 Å². The molecule has 0 saturated heterocycles. The number of hydrogen-bond donors (Lipinski definition) is 2. The van der Waals surface area contributed by atoms with Crippen LogP contribution in [0.5, 0.6) is 5.75 Å². The van der Waals surface area contributed by atoms with Gasteiger partial charge >= 0.3 is 6.09 Å². The second-order valence-electron chi connectivity index (χ2n) is 7.82. The maximum atomic E-state index is 12.9. The minimum Gasteiger partial charge on any atom is -0.496 e. The van der Waals surface area contributed by atoms with Crippen LogP contribution in [-0.4, -0.2) is 38.3 Å². The summed E-state index contributed by atoms with van der Waals surface area (Å²) in [4.78, 5) is 25.0. The van der Waals surface area contributed by atoms with Crippen molar-refractivity contribution < 1.29 is 19.1 Å². The summed E-state index contributed by atoms with van der Waals surface area (Å²) in [6, 6.07) is 17.3. The van der Waals surface area contributed by atoms with Gasteiger partial charge in [0.2, 0.25) is 0 Å². The van der Waals surface area contributed by atoms with E-state index in [1.54, 1.807) is 25.3 Å². The molecule has 0 spiro atoms. The van der Waals surface area contributed by atoms with Gasteiger partial charge in [0.25, 0.3) is 5.91 Å². The van der Waals surface area contributed by atoms with Gasteiger partial charge in [0.15, 0.2) is 0 Å². The topological polar surface area (TPSA) is 76.7 Å². The highest BCUT2D eigenvalue weighted by molar-refractivity contribution is 5.97. The Kier molecular flexibility index (Phi) is 7.70. The maximum Gasteiger partial charge on any atom is 0.407 e. The van der Waals surface area contributed by atoms with Crippen molar-refractivity contribution in [3.8, 4) is 5.75 Å². The van der Waals surface area contributed by atoms with Crippen molar-refractivity contribution in [2.75, 3.05) is 20.2 Å². The molecule has 1 fully saturated rings. The van der Waals surface area contributed by atoms with E-state index in [-0.39, 0.29) is 17.4 Å². The molecule has 6 heteroatoms. The average molecular weight is 423 g/mol. The van der Waals surface area contributed by atoms with Crippen molar-refractivity contribution in [2.45, 2.75) is 37.2 Å². The molecule has 2 atom stereocenters. The predicted molar refractivity (Wildman–Crippen MR) is 120 cm³/mol. The summed E-state index contributed by atoms with van der Waals surface area (Å²) in [5.41, 5.74) is 1.32. The summed E-state index contributed by atoms with van der Waals surface area (Å²) >= 11 is 0. The van der Waals surface area contributed by atoms with Crippen molar-refractivity contribution in [1.29, 1.82) is 0 Å². The summed E-state index contributed by atoms with van der Waals surface area (Å²) < 4.78 is 11.0. The fourth-order valence-corrected chi connectivity index (χ4v) is 4.25. The standard InChI is InChI=1S/C25H30N2O4/c1-3-16-26-24(29)31-20-12-9-15-25(17-20,19-10-5-4-6-11-19)18-27-23(28)21-13-7-8-14-22(21)30-2/h3-8,10-11,13-14,20H,1,9,12,15-18H2,2H3,(H,26,29)(H,27,28). The Bertz CT molecular complexity index is 899. The zero-order valence-corrected chi connectivity index (χ0v) is 17.9. The highest BCUT2D eigenvalue weighted by atomic mass is 16.6. The molecule has 31 heavy (non-hydrogen) atoms. The van der Waals surface area contributed by atoms with Gasteiger partial charge in [0, 0.05) is 18.5 Å². The maximum absolute atomic E-state index is 12.9. The van der Waals surface area contributed by atoms with Crippen LogP contribution in [0, 0.1) is 0 Å². The van der Waals surface area contributed by atoms with Gasteiger partial charge in [-0.1, -0.05) is 48.5 Å². The second kappa shape index (κ2) is 10.7. The molecule has 2 aromatic carbocycles. The fraction of sp³-hybridized carbons (Fsp3) is 0.360. The molecule has 164 valence electrons. The van der Waals surface area contributed by atoms with E-state index in [4.69, 9.17) is 9.47 Å². The molecule has 3 rings (SSSR count). The Morgan fingerprint density at radius 1 is 1.13 bits per heavy atom. The zero-order valence-electron chi connectivity index (χ0n) is 17.9. The fourth-order valence-electron chi connectivity index (χ4n) is 4.25. The molecular formula is C25H30N2O4. The van der Waals surface area contributed by atoms with Gasteiger partial charge in [-0.2, -0.15) is 0 Å². The molecule has 0 aliphatic heterocycles. The lowest BCUT2D eigenvalue weighted by atomic mass is 9.68. The minimum atomic E-state index is -0.438. The molecule has 6 nitrogen and oxygen atoms in total. The summed E-state index contributed by atoms with van der Waals surface area (Å²) in [6.45, 7) is 4.41. The van der Waals surface area contributed by atoms with Crippen LogP contribution in [0.2, 0.25) is 0 Å². The Morgan fingerprint density at radius 3 is 2.61 bits per heavy atom. The number of rotatable bonds is 8. The van der Waals surface area contributed by atoms with Gasteiger partial charge in [-0.15, -0.1) is 6.58 Å². The van der Waals surface area contributed by atoms with Gasteiger partial charge in [0.1, 0.15) is 11.9 Å². The van der Waals surface area contributed by atoms with Crippen molar-refractivity contribution in [3.63, 3.8) is 0 Å². The Hall–Kier alpha value is -3.28. The smallest absolute Gasteiger partial charge is 0.407 e. The van der Waals surface area contributed by atoms with Crippen molar-refractivity contribution in [2.24, 2.45) is 0 Å². The molecule has 2 amide bonds. The van der Waals surface area contributed by atoms with Gasteiger partial charge < -0.3 is 20.1 Å². The number of carbonyl (C=O) groups excluding carboxylic acids is 2. The van der Waals surface area contributed by atoms with Crippen LogP contribution in [0.15, 0.2) is 67.3 Å². The monoisotopic (exact) mass is 422 g/mol. The number of carbonyl (C=O) groups is 2. The molecular weight excluding hydrogens is 392 g/mol. The first-order valence-corrected chi connectivity index (χ1v) is 10.6. The zero-order chi connectivity index (χ0) is 22.1. The van der Waals surface area contributed by atoms with Gasteiger partial charge in [0.05, 0.1) is 12.7 Å². The normalized spacial score (nSPS) is 20.4. The molecule has 0 aromatic heterocycles. The second-order valence-corrected chi connectivity index (χ2v) is 7.82. The minimum absolute atomic E-state index is 0.181. The molecule has 1 aliphatic rings. The number of amides is 2. The average Bonchev–Trinajstić information content (AvgIpc) is 2.82. The summed E-state index contributed by atoms with van der Waals surface area (Å²) in [5, 5.41) is 5.77. The lowest BCUT2D eigenvalue weighted by Gasteiger charge is -2.41. The Balaban J connectivity index is 1.77. The molecule has 0 heterocycles. The number of ether oxygens (including phenoxy) is 2. The highest BCUT2D eigenvalue weighted by Gasteiger charge is 2.39. The predicted octanol–water partition coefficient (Wildman–Crippen LogP) is 4.22. The number of methoxy groups -OCH3 is 1. The van der Waals surface area contributed by atoms with E-state index in [9.17, 15) is 9.59 Å². The number of nitrogens with one attached hydrogen (secondary N) is 2. The SMILES string of the molecule is C=CCNC(=O)OC1CCCC(CNC(=O)c2ccccc2OC)(c2ccccc2)C1. The van der Waals surface area contributed by atoms with Crippen LogP contribution in [0.4, 0.5) is 4.79 Å². The molecule has 1 aliphatic carbocycles. The van der Waals surface area contributed by atoms with Crippen molar-refractivity contribution in [3.05, 3.63) is 78.4 Å². The lowest BCUT2D eigenvalue weighted by molar-refractivity contribution is 0.0491. The summed E-state index contributed by atoms with van der Waals surface area (Å²) in [5.74, 6) is 0.358. The number of para-hydroxylation sites is 1. The van der Waals surface area contributed by atoms with Crippen molar-refractivity contribution in [1.82, 2.24) is 10.6 Å². The quantitative estimate of drug-likeness (QED) is 0.625. The largest absolute Gasteiger partial charge is 0.496 e. The van der Waals surface area contributed by atoms with Crippen LogP contribution >= 0.6 is 0 Å². The third kappa shape index (κ3) is 5.66. The van der Waals surface area contributed by atoms with Crippen LogP contribution < -0.4 is 15.4 Å². The molecule has 0 radical (unpaired) electrons. The highest BCUT2D eigenvalue weighted by Crippen LogP contribution is 2.40. The van der Waals surface area contributed by atoms with Crippen LogP contribution in [0.25, 0.3) is 0 Å². The molecule has 2 aromatic rings. The van der Waals surface area contributed by atoms with E-state index >= 15 is 0 Å². The summed E-state index contributed by atoms with van der Waals surface area (Å²) in [7, 11) is 1.55. The first-order valence-electron chi connectivity index (χ1n) is 10.6. The molecule has 0 bridgehead atoms. The van der Waals surface area contributed by atoms with E-state index < -0.39 is 6.09 Å². The van der Waals surface area contributed by atoms with Gasteiger partial charge in [-0.25, -0.2) is 4.79 Å². The molecule has 2 N–H and O–H groups in total. The van der Waals surface area contributed by atoms with E-state index in [2.05, 4.69) is 29.3 Å². The van der Waals surface area contributed by atoms with Crippen LogP contribution in [0.3, 0.4) is 0 Å². The Morgan fingerprint density at radius 2 is 1.87 bits per heavy atom. The van der Waals surface area contributed by atoms with E-state index in [0.29, 0.717) is 30.8 Å². The van der Waals surface area contributed by atoms with Crippen molar-refractivity contribution >= 4 is 12.0 Å².